The number of rotatable bonds is 13. The average molecular weight is 601 g/mol. The van der Waals surface area contributed by atoms with Gasteiger partial charge in [-0.25, -0.2) is 14.4 Å². The molecule has 16 heteroatoms. The van der Waals surface area contributed by atoms with Crippen molar-refractivity contribution in [2.24, 2.45) is 0 Å². The van der Waals surface area contributed by atoms with E-state index >= 15 is 0 Å². The van der Waals surface area contributed by atoms with Gasteiger partial charge in [0.25, 0.3) is 0 Å². The zero-order valence-electron chi connectivity index (χ0n) is 24.2. The monoisotopic (exact) mass is 600 g/mol. The molecule has 236 valence electrons. The van der Waals surface area contributed by atoms with Crippen LogP contribution in [0.1, 0.15) is 25.8 Å². The fraction of sp³-hybridized carbons (Fsp3) is 0.615. The third-order valence-electron chi connectivity index (χ3n) is 6.21. The molecule has 1 saturated heterocycles. The Bertz CT molecular complexity index is 1090. The average Bonchev–Trinajstić information content (AvgIpc) is 2.94. The Morgan fingerprint density at radius 3 is 2.24 bits per heavy atom. The zero-order valence-corrected chi connectivity index (χ0v) is 24.2. The van der Waals surface area contributed by atoms with Crippen molar-refractivity contribution < 1.29 is 58.6 Å². The number of aliphatic hydroxyl groups is 3. The van der Waals surface area contributed by atoms with Crippen molar-refractivity contribution in [1.29, 1.82) is 0 Å². The lowest BCUT2D eigenvalue weighted by molar-refractivity contribution is -0.271. The molecule has 0 aliphatic carbocycles. The number of likely N-dealkylation sites (N-methyl/N-ethyl adjacent to an activating group) is 2. The van der Waals surface area contributed by atoms with Crippen LogP contribution in [0.3, 0.4) is 0 Å². The van der Waals surface area contributed by atoms with Crippen molar-refractivity contribution in [3.8, 4) is 5.75 Å². The summed E-state index contributed by atoms with van der Waals surface area (Å²) in [6, 6.07) is 4.49. The first-order valence-electron chi connectivity index (χ1n) is 13.2. The summed E-state index contributed by atoms with van der Waals surface area (Å²) >= 11 is 0. The Kier molecular flexibility index (Phi) is 13.2. The predicted octanol–water partition coefficient (Wildman–Crippen LogP) is -0.449. The topological polar surface area (TPSA) is 217 Å². The highest BCUT2D eigenvalue weighted by atomic mass is 16.7. The van der Waals surface area contributed by atoms with Crippen molar-refractivity contribution >= 4 is 29.8 Å². The fourth-order valence-electron chi connectivity index (χ4n) is 3.72. The first kappa shape index (κ1) is 34.5. The standard InChI is InChI=1S/C26H40N4O12/c1-14(2)27-9-8-18(31)28-16-12-15(13-40-26(38)30(4)11-10-29(3)25(37)39-5)6-7-17(16)41-24-21(34)19(32)20(33)22(42-24)23(35)36/h6-7,12,14,19-22,24,27,32-34H,8-11,13H2,1-5H3,(H,28,31)(H,35,36). The molecule has 1 heterocycles. The highest BCUT2D eigenvalue weighted by Gasteiger charge is 2.48. The number of carbonyl (C=O) groups excluding carboxylic acids is 3. The van der Waals surface area contributed by atoms with E-state index in [1.807, 2.05) is 13.8 Å². The van der Waals surface area contributed by atoms with Crippen LogP contribution >= 0.6 is 0 Å². The van der Waals surface area contributed by atoms with Gasteiger partial charge in [-0.3, -0.25) is 4.79 Å². The number of methoxy groups -OCH3 is 1. The third-order valence-corrected chi connectivity index (χ3v) is 6.21. The van der Waals surface area contributed by atoms with Crippen molar-refractivity contribution in [3.05, 3.63) is 23.8 Å². The maximum Gasteiger partial charge on any atom is 0.409 e. The SMILES string of the molecule is COC(=O)N(C)CCN(C)C(=O)OCc1ccc(OC2OC(C(=O)O)C(O)C(O)C2O)c(NC(=O)CCNC(C)C)c1. The van der Waals surface area contributed by atoms with Crippen molar-refractivity contribution in [2.45, 2.75) is 63.6 Å². The molecule has 1 fully saturated rings. The third kappa shape index (κ3) is 9.99. The van der Waals surface area contributed by atoms with E-state index < -0.39 is 54.8 Å². The van der Waals surface area contributed by atoms with Gasteiger partial charge >= 0.3 is 18.2 Å². The molecule has 1 aliphatic rings. The van der Waals surface area contributed by atoms with Crippen molar-refractivity contribution in [3.63, 3.8) is 0 Å². The van der Waals surface area contributed by atoms with Crippen LogP contribution < -0.4 is 15.4 Å². The second kappa shape index (κ2) is 16.1. The van der Waals surface area contributed by atoms with Gasteiger partial charge in [0.15, 0.2) is 6.10 Å². The van der Waals surface area contributed by atoms with Crippen molar-refractivity contribution in [1.82, 2.24) is 15.1 Å². The fourth-order valence-corrected chi connectivity index (χ4v) is 3.72. The van der Waals surface area contributed by atoms with Crippen LogP contribution in [0.25, 0.3) is 0 Å². The summed E-state index contributed by atoms with van der Waals surface area (Å²) in [5, 5.41) is 45.5. The largest absolute Gasteiger partial charge is 0.479 e. The molecule has 2 rings (SSSR count). The van der Waals surface area contributed by atoms with Crippen LogP contribution in [0.4, 0.5) is 15.3 Å². The van der Waals surface area contributed by atoms with E-state index in [-0.39, 0.29) is 43.6 Å². The summed E-state index contributed by atoms with van der Waals surface area (Å²) in [6.45, 7) is 4.40. The van der Waals surface area contributed by atoms with Gasteiger partial charge in [-0.1, -0.05) is 19.9 Å². The summed E-state index contributed by atoms with van der Waals surface area (Å²) in [6.07, 6.45) is -10.3. The first-order chi connectivity index (χ1) is 19.7. The highest BCUT2D eigenvalue weighted by molar-refractivity contribution is 5.92. The number of amides is 3. The van der Waals surface area contributed by atoms with Crippen LogP contribution in [0.5, 0.6) is 5.75 Å². The maximum absolute atomic E-state index is 12.6. The van der Waals surface area contributed by atoms with Crippen molar-refractivity contribution in [2.75, 3.05) is 46.2 Å². The summed E-state index contributed by atoms with van der Waals surface area (Å²) in [5.41, 5.74) is 0.532. The molecule has 0 bridgehead atoms. The van der Waals surface area contributed by atoms with Crippen LogP contribution in [0.2, 0.25) is 0 Å². The molecule has 0 radical (unpaired) electrons. The number of benzene rings is 1. The van der Waals surface area contributed by atoms with Gasteiger partial charge in [0, 0.05) is 46.2 Å². The molecule has 5 atom stereocenters. The molecule has 1 aromatic carbocycles. The number of ether oxygens (including phenoxy) is 4. The van der Waals surface area contributed by atoms with E-state index in [2.05, 4.69) is 15.4 Å². The number of aliphatic hydroxyl groups excluding tert-OH is 3. The van der Waals surface area contributed by atoms with E-state index in [0.717, 1.165) is 0 Å². The second-order valence-electron chi connectivity index (χ2n) is 9.96. The Balaban J connectivity index is 2.17. The summed E-state index contributed by atoms with van der Waals surface area (Å²) in [7, 11) is 4.26. The molecular weight excluding hydrogens is 560 g/mol. The lowest BCUT2D eigenvalue weighted by atomic mass is 9.99. The van der Waals surface area contributed by atoms with E-state index in [1.54, 1.807) is 0 Å². The quantitative estimate of drug-likeness (QED) is 0.169. The molecule has 6 N–H and O–H groups in total. The summed E-state index contributed by atoms with van der Waals surface area (Å²) in [4.78, 5) is 50.6. The molecule has 0 spiro atoms. The molecule has 5 unspecified atom stereocenters. The van der Waals surface area contributed by atoms with Gasteiger partial charge < -0.3 is 59.8 Å². The number of hydrogen-bond acceptors (Lipinski definition) is 12. The van der Waals surface area contributed by atoms with Crippen LogP contribution in [0.15, 0.2) is 18.2 Å². The van der Waals surface area contributed by atoms with E-state index in [0.29, 0.717) is 12.1 Å². The van der Waals surface area contributed by atoms with Crippen LogP contribution in [-0.2, 0) is 30.4 Å². The smallest absolute Gasteiger partial charge is 0.409 e. The minimum atomic E-state index is -1.90. The molecule has 3 amide bonds. The number of nitrogens with one attached hydrogen (secondary N) is 2. The number of nitrogens with zero attached hydrogens (tertiary/aromatic N) is 2. The highest BCUT2D eigenvalue weighted by Crippen LogP contribution is 2.31. The normalized spacial score (nSPS) is 21.8. The van der Waals surface area contributed by atoms with Crippen LogP contribution in [-0.4, -0.2) is 132 Å². The summed E-state index contributed by atoms with van der Waals surface area (Å²) < 4.78 is 20.8. The van der Waals surface area contributed by atoms with Gasteiger partial charge in [-0.2, -0.15) is 0 Å². The number of carboxylic acids is 1. The minimum Gasteiger partial charge on any atom is -0.479 e. The van der Waals surface area contributed by atoms with E-state index in [1.165, 1.54) is 49.2 Å². The van der Waals surface area contributed by atoms with E-state index in [9.17, 15) is 39.6 Å². The number of anilines is 1. The van der Waals surface area contributed by atoms with Gasteiger partial charge in [0.1, 0.15) is 30.7 Å². The van der Waals surface area contributed by atoms with Gasteiger partial charge in [0.2, 0.25) is 12.2 Å². The number of hydrogen-bond donors (Lipinski definition) is 6. The summed E-state index contributed by atoms with van der Waals surface area (Å²) in [5.74, 6) is -2.03. The lowest BCUT2D eigenvalue weighted by Gasteiger charge is -2.38. The molecule has 0 saturated carbocycles. The number of carbonyl (C=O) groups is 4. The van der Waals surface area contributed by atoms with E-state index in [4.69, 9.17) is 14.2 Å². The maximum atomic E-state index is 12.6. The Hall–Kier alpha value is -3.70. The zero-order chi connectivity index (χ0) is 31.6. The molecule has 42 heavy (non-hydrogen) atoms. The molecular formula is C26H40N4O12. The molecule has 0 aromatic heterocycles. The van der Waals surface area contributed by atoms with Gasteiger partial charge in [0.05, 0.1) is 12.8 Å². The van der Waals surface area contributed by atoms with Gasteiger partial charge in [-0.05, 0) is 17.7 Å². The second-order valence-corrected chi connectivity index (χ2v) is 9.96. The molecule has 16 nitrogen and oxygen atoms in total. The van der Waals surface area contributed by atoms with Gasteiger partial charge in [-0.15, -0.1) is 0 Å². The van der Waals surface area contributed by atoms with Crippen LogP contribution in [0, 0.1) is 0 Å². The first-order valence-corrected chi connectivity index (χ1v) is 13.2. The predicted molar refractivity (Wildman–Crippen MR) is 146 cm³/mol. The Morgan fingerprint density at radius 1 is 1.00 bits per heavy atom. The number of carboxylic acid groups (broad SMARTS) is 1. The molecule has 1 aliphatic heterocycles. The lowest BCUT2D eigenvalue weighted by Crippen LogP contribution is -2.61. The Morgan fingerprint density at radius 2 is 1.64 bits per heavy atom. The molecule has 1 aromatic rings. The minimum absolute atomic E-state index is 0.0463. The number of aliphatic carboxylic acids is 1. The Labute approximate surface area is 243 Å².